The molecule has 0 spiro atoms. The lowest BCUT2D eigenvalue weighted by Gasteiger charge is -2.17. The number of nitrogens with zero attached hydrogens (tertiary/aromatic N) is 3. The highest BCUT2D eigenvalue weighted by Crippen LogP contribution is 2.28. The maximum Gasteiger partial charge on any atom is 0.333 e. The van der Waals surface area contributed by atoms with E-state index in [-0.39, 0.29) is 15.4 Å². The molecule has 1 aromatic rings. The molecule has 0 saturated carbocycles. The molecule has 0 aromatic carbocycles. The van der Waals surface area contributed by atoms with Gasteiger partial charge in [-0.05, 0) is 6.92 Å². The summed E-state index contributed by atoms with van der Waals surface area (Å²) in [4.78, 5) is 10.6. The largest absolute Gasteiger partial charge is 0.364 e. The molecule has 0 fully saturated rings. The summed E-state index contributed by atoms with van der Waals surface area (Å²) in [6.07, 6.45) is 0. The Morgan fingerprint density at radius 2 is 2.11 bits per heavy atom. The van der Waals surface area contributed by atoms with Crippen molar-refractivity contribution in [1.82, 2.24) is 9.78 Å². The lowest BCUT2D eigenvalue weighted by Crippen LogP contribution is -2.14. The Labute approximate surface area is 111 Å². The molecule has 6 nitrogen and oxygen atoms in total. The first-order valence-electron chi connectivity index (χ1n) is 5.78. The number of rotatable bonds is 5. The normalized spacial score (nSPS) is 11.6. The van der Waals surface area contributed by atoms with E-state index in [1.54, 1.807) is 14.0 Å². The van der Waals surface area contributed by atoms with Gasteiger partial charge in [0.15, 0.2) is 0 Å². The van der Waals surface area contributed by atoms with Crippen molar-refractivity contribution in [1.29, 1.82) is 0 Å². The van der Waals surface area contributed by atoms with Gasteiger partial charge < -0.3 is 5.32 Å². The first-order chi connectivity index (χ1) is 8.22. The number of hydrogen-bond acceptors (Lipinski definition) is 5. The minimum atomic E-state index is -0.387. The second-order valence-electron chi connectivity index (χ2n) is 5.05. The maximum absolute atomic E-state index is 11.0. The molecule has 0 unspecified atom stereocenters. The highest BCUT2D eigenvalue weighted by Gasteiger charge is 2.23. The zero-order chi connectivity index (χ0) is 13.9. The first kappa shape index (κ1) is 14.8. The Hall–Kier alpha value is -1.24. The zero-order valence-corrected chi connectivity index (χ0v) is 12.3. The lowest BCUT2D eigenvalue weighted by molar-refractivity contribution is -0.384. The summed E-state index contributed by atoms with van der Waals surface area (Å²) in [5.41, 5.74) is 0.506. The summed E-state index contributed by atoms with van der Waals surface area (Å²) >= 11 is 1.82. The molecule has 0 saturated heterocycles. The molecule has 0 aliphatic carbocycles. The van der Waals surface area contributed by atoms with Crippen molar-refractivity contribution in [3.8, 4) is 0 Å². The molecule has 0 bridgehead atoms. The van der Waals surface area contributed by atoms with Crippen molar-refractivity contribution in [3.63, 3.8) is 0 Å². The molecule has 102 valence electrons. The third-order valence-corrected chi connectivity index (χ3v) is 3.58. The van der Waals surface area contributed by atoms with Crippen LogP contribution in [0.3, 0.4) is 0 Å². The van der Waals surface area contributed by atoms with E-state index in [9.17, 15) is 10.1 Å². The minimum absolute atomic E-state index is 0.0678. The van der Waals surface area contributed by atoms with E-state index in [2.05, 4.69) is 31.2 Å². The van der Waals surface area contributed by atoms with E-state index in [0.29, 0.717) is 18.1 Å². The Morgan fingerprint density at radius 3 is 2.61 bits per heavy atom. The third kappa shape index (κ3) is 3.90. The van der Waals surface area contributed by atoms with Crippen LogP contribution < -0.4 is 5.32 Å². The van der Waals surface area contributed by atoms with Gasteiger partial charge in [-0.15, -0.1) is 0 Å². The Kier molecular flexibility index (Phi) is 4.61. The Morgan fingerprint density at radius 1 is 1.50 bits per heavy atom. The van der Waals surface area contributed by atoms with E-state index >= 15 is 0 Å². The second-order valence-corrected chi connectivity index (χ2v) is 6.97. The minimum Gasteiger partial charge on any atom is -0.364 e. The number of anilines is 1. The number of nitrogens with one attached hydrogen (secondary N) is 1. The smallest absolute Gasteiger partial charge is 0.333 e. The molecule has 1 heterocycles. The molecule has 1 N–H and O–H groups in total. The number of thioether (sulfide) groups is 1. The molecule has 7 heteroatoms. The topological polar surface area (TPSA) is 73.0 Å². The van der Waals surface area contributed by atoms with Gasteiger partial charge in [0, 0.05) is 24.1 Å². The molecule has 1 aromatic heterocycles. The summed E-state index contributed by atoms with van der Waals surface area (Å²) in [6.45, 7) is 8.77. The van der Waals surface area contributed by atoms with Crippen molar-refractivity contribution in [2.24, 2.45) is 7.05 Å². The van der Waals surface area contributed by atoms with Crippen LogP contribution in [0.2, 0.25) is 0 Å². The van der Waals surface area contributed by atoms with Gasteiger partial charge in [0.25, 0.3) is 0 Å². The predicted octanol–water partition coefficient (Wildman–Crippen LogP) is 2.58. The SMILES string of the molecule is Cc1nn(C)c(NCCSC(C)(C)C)c1[N+](=O)[O-]. The van der Waals surface area contributed by atoms with Crippen LogP contribution in [0.5, 0.6) is 0 Å². The number of hydrogen-bond donors (Lipinski definition) is 1. The molecule has 0 aliphatic rings. The van der Waals surface area contributed by atoms with Gasteiger partial charge in [0.1, 0.15) is 5.69 Å². The van der Waals surface area contributed by atoms with Crippen LogP contribution >= 0.6 is 11.8 Å². The van der Waals surface area contributed by atoms with E-state index in [1.165, 1.54) is 4.68 Å². The third-order valence-electron chi connectivity index (χ3n) is 2.30. The van der Waals surface area contributed by atoms with E-state index in [4.69, 9.17) is 0 Å². The molecule has 0 radical (unpaired) electrons. The molecular weight excluding hydrogens is 252 g/mol. The molecule has 0 atom stereocenters. The fraction of sp³-hybridized carbons (Fsp3) is 0.727. The molecular formula is C11H20N4O2S. The van der Waals surface area contributed by atoms with Crippen LogP contribution in [0.4, 0.5) is 11.5 Å². The van der Waals surface area contributed by atoms with Gasteiger partial charge in [-0.25, -0.2) is 4.68 Å². The summed E-state index contributed by atoms with van der Waals surface area (Å²) in [5.74, 6) is 1.37. The summed E-state index contributed by atoms with van der Waals surface area (Å²) in [7, 11) is 1.71. The van der Waals surface area contributed by atoms with Crippen molar-refractivity contribution >= 4 is 23.3 Å². The molecule has 18 heavy (non-hydrogen) atoms. The number of aryl methyl sites for hydroxylation is 2. The summed E-state index contributed by atoms with van der Waals surface area (Å²) < 4.78 is 1.73. The van der Waals surface area contributed by atoms with Crippen molar-refractivity contribution < 1.29 is 4.92 Å². The quantitative estimate of drug-likeness (QED) is 0.506. The first-order valence-corrected chi connectivity index (χ1v) is 6.77. The van der Waals surface area contributed by atoms with Crippen molar-refractivity contribution in [3.05, 3.63) is 15.8 Å². The van der Waals surface area contributed by atoms with E-state index in [1.807, 2.05) is 11.8 Å². The average Bonchev–Trinajstić information content (AvgIpc) is 2.46. The fourth-order valence-corrected chi connectivity index (χ4v) is 2.41. The fourth-order valence-electron chi connectivity index (χ4n) is 1.59. The van der Waals surface area contributed by atoms with E-state index in [0.717, 1.165) is 5.75 Å². The summed E-state index contributed by atoms with van der Waals surface area (Å²) in [6, 6.07) is 0. The number of aromatic nitrogens is 2. The van der Waals surface area contributed by atoms with Gasteiger partial charge in [-0.2, -0.15) is 16.9 Å². The molecule has 0 amide bonds. The van der Waals surface area contributed by atoms with Gasteiger partial charge >= 0.3 is 5.69 Å². The average molecular weight is 272 g/mol. The lowest BCUT2D eigenvalue weighted by atomic mass is 10.3. The van der Waals surface area contributed by atoms with Crippen LogP contribution in [-0.2, 0) is 7.05 Å². The monoisotopic (exact) mass is 272 g/mol. The molecule has 1 rings (SSSR count). The van der Waals surface area contributed by atoms with Crippen LogP contribution in [0, 0.1) is 17.0 Å². The van der Waals surface area contributed by atoms with Crippen LogP contribution in [0.15, 0.2) is 0 Å². The van der Waals surface area contributed by atoms with Crippen molar-refractivity contribution in [2.45, 2.75) is 32.4 Å². The maximum atomic E-state index is 11.0. The van der Waals surface area contributed by atoms with Crippen LogP contribution in [-0.4, -0.2) is 31.7 Å². The van der Waals surface area contributed by atoms with E-state index < -0.39 is 0 Å². The van der Waals surface area contributed by atoms with Crippen molar-refractivity contribution in [2.75, 3.05) is 17.6 Å². The van der Waals surface area contributed by atoms with Crippen LogP contribution in [0.1, 0.15) is 26.5 Å². The van der Waals surface area contributed by atoms with Gasteiger partial charge in [-0.1, -0.05) is 20.8 Å². The van der Waals surface area contributed by atoms with Crippen LogP contribution in [0.25, 0.3) is 0 Å². The Balaban J connectivity index is 2.65. The van der Waals surface area contributed by atoms with Gasteiger partial charge in [-0.3, -0.25) is 10.1 Å². The van der Waals surface area contributed by atoms with Gasteiger partial charge in [0.05, 0.1) is 4.92 Å². The highest BCUT2D eigenvalue weighted by atomic mass is 32.2. The zero-order valence-electron chi connectivity index (χ0n) is 11.5. The Bertz CT molecular complexity index is 437. The second kappa shape index (κ2) is 5.60. The standard InChI is InChI=1S/C11H20N4O2S/c1-8-9(15(16)17)10(14(5)13-8)12-6-7-18-11(2,3)4/h12H,6-7H2,1-5H3. The van der Waals surface area contributed by atoms with Gasteiger partial charge in [0.2, 0.25) is 5.82 Å². The summed E-state index contributed by atoms with van der Waals surface area (Å²) in [5, 5.41) is 18.1. The predicted molar refractivity (Wildman–Crippen MR) is 75.3 cm³/mol. The number of nitro groups is 1. The molecule has 0 aliphatic heterocycles. The highest BCUT2D eigenvalue weighted by molar-refractivity contribution is 8.00.